The van der Waals surface area contributed by atoms with Crippen molar-refractivity contribution in [2.45, 2.75) is 66.5 Å². The van der Waals surface area contributed by atoms with Gasteiger partial charge in [-0.2, -0.15) is 0 Å². The fraction of sp³-hybridized carbons (Fsp3) is 0.812. The van der Waals surface area contributed by atoms with Gasteiger partial charge in [0.05, 0.1) is 12.2 Å². The van der Waals surface area contributed by atoms with E-state index < -0.39 is 0 Å². The molecule has 0 radical (unpaired) electrons. The maximum atomic E-state index is 5.68. The van der Waals surface area contributed by atoms with Gasteiger partial charge in [-0.05, 0) is 49.9 Å². The molecule has 19 heavy (non-hydrogen) atoms. The van der Waals surface area contributed by atoms with E-state index in [4.69, 9.17) is 4.42 Å². The van der Waals surface area contributed by atoms with Crippen molar-refractivity contribution in [1.82, 2.24) is 10.3 Å². The van der Waals surface area contributed by atoms with E-state index in [-0.39, 0.29) is 0 Å². The molecule has 106 valence electrons. The van der Waals surface area contributed by atoms with Crippen LogP contribution >= 0.6 is 0 Å². The molecule has 0 saturated heterocycles. The third-order valence-electron chi connectivity index (χ3n) is 5.80. The first-order valence-corrected chi connectivity index (χ1v) is 7.49. The Morgan fingerprint density at radius 2 is 2.05 bits per heavy atom. The fourth-order valence-electron chi connectivity index (χ4n) is 4.62. The number of hydrogen-bond donors (Lipinski definition) is 1. The predicted molar refractivity (Wildman–Crippen MR) is 75.8 cm³/mol. The number of aromatic nitrogens is 1. The molecule has 0 spiro atoms. The second-order valence-corrected chi connectivity index (χ2v) is 7.48. The predicted octanol–water partition coefficient (Wildman–Crippen LogP) is 3.60. The van der Waals surface area contributed by atoms with Crippen LogP contribution in [0.25, 0.3) is 0 Å². The zero-order valence-electron chi connectivity index (χ0n) is 12.8. The van der Waals surface area contributed by atoms with E-state index in [1.165, 1.54) is 19.3 Å². The van der Waals surface area contributed by atoms with Crippen LogP contribution < -0.4 is 5.32 Å². The molecule has 1 aromatic rings. The molecule has 2 aliphatic rings. The molecule has 3 atom stereocenters. The van der Waals surface area contributed by atoms with Gasteiger partial charge in [-0.1, -0.05) is 20.8 Å². The van der Waals surface area contributed by atoms with Gasteiger partial charge in [0.1, 0.15) is 5.76 Å². The maximum absolute atomic E-state index is 5.68. The van der Waals surface area contributed by atoms with Crippen molar-refractivity contribution in [2.24, 2.45) is 16.7 Å². The summed E-state index contributed by atoms with van der Waals surface area (Å²) in [6.45, 7) is 12.0. The standard InChI is InChI=1S/C16H26N2O/c1-10-11(2)19-13(18-10)9-17-14-15(3,4)12-6-7-16(14,5)8-12/h12,14,17H,6-9H2,1-5H3. The van der Waals surface area contributed by atoms with Crippen molar-refractivity contribution < 1.29 is 4.42 Å². The highest BCUT2D eigenvalue weighted by atomic mass is 16.4. The van der Waals surface area contributed by atoms with Crippen molar-refractivity contribution >= 4 is 0 Å². The average molecular weight is 262 g/mol. The lowest BCUT2D eigenvalue weighted by Crippen LogP contribution is -2.49. The molecule has 3 heteroatoms. The second kappa shape index (κ2) is 4.08. The minimum absolute atomic E-state index is 0.393. The molecule has 0 amide bonds. The van der Waals surface area contributed by atoms with Crippen LogP contribution in [0.2, 0.25) is 0 Å². The van der Waals surface area contributed by atoms with Gasteiger partial charge in [-0.15, -0.1) is 0 Å². The molecule has 1 N–H and O–H groups in total. The van der Waals surface area contributed by atoms with Crippen molar-refractivity contribution in [1.29, 1.82) is 0 Å². The molecular weight excluding hydrogens is 236 g/mol. The number of aryl methyl sites for hydroxylation is 2. The van der Waals surface area contributed by atoms with Crippen LogP contribution in [0.3, 0.4) is 0 Å². The van der Waals surface area contributed by atoms with E-state index in [1.807, 2.05) is 13.8 Å². The molecule has 2 fully saturated rings. The van der Waals surface area contributed by atoms with Crippen LogP contribution in [0.15, 0.2) is 4.42 Å². The highest BCUT2D eigenvalue weighted by Gasteiger charge is 2.58. The lowest BCUT2D eigenvalue weighted by atomic mass is 9.68. The molecular formula is C16H26N2O. The van der Waals surface area contributed by atoms with Gasteiger partial charge in [-0.3, -0.25) is 0 Å². The van der Waals surface area contributed by atoms with Gasteiger partial charge in [0.15, 0.2) is 0 Å². The number of nitrogens with one attached hydrogen (secondary N) is 1. The van der Waals surface area contributed by atoms with E-state index in [1.54, 1.807) is 0 Å². The van der Waals surface area contributed by atoms with Crippen LogP contribution in [0, 0.1) is 30.6 Å². The molecule has 3 unspecified atom stereocenters. The largest absolute Gasteiger partial charge is 0.444 e. The summed E-state index contributed by atoms with van der Waals surface area (Å²) in [5.74, 6) is 2.65. The normalized spacial score (nSPS) is 36.1. The van der Waals surface area contributed by atoms with E-state index in [0.29, 0.717) is 16.9 Å². The zero-order valence-corrected chi connectivity index (χ0v) is 12.8. The minimum Gasteiger partial charge on any atom is -0.444 e. The highest BCUT2D eigenvalue weighted by molar-refractivity contribution is 5.12. The molecule has 1 heterocycles. The molecule has 3 rings (SSSR count). The average Bonchev–Trinajstić information content (AvgIpc) is 2.89. The third kappa shape index (κ3) is 1.94. The minimum atomic E-state index is 0.393. The van der Waals surface area contributed by atoms with Crippen LogP contribution in [0.1, 0.15) is 57.4 Å². The fourth-order valence-corrected chi connectivity index (χ4v) is 4.62. The van der Waals surface area contributed by atoms with E-state index >= 15 is 0 Å². The summed E-state index contributed by atoms with van der Waals surface area (Å²) in [5, 5.41) is 3.74. The van der Waals surface area contributed by atoms with Crippen LogP contribution in [0.5, 0.6) is 0 Å². The number of fused-ring (bicyclic) bond motifs is 2. The van der Waals surface area contributed by atoms with Crippen LogP contribution in [-0.2, 0) is 6.54 Å². The van der Waals surface area contributed by atoms with Gasteiger partial charge in [0.2, 0.25) is 5.89 Å². The van der Waals surface area contributed by atoms with Gasteiger partial charge < -0.3 is 9.73 Å². The molecule has 3 nitrogen and oxygen atoms in total. The summed E-state index contributed by atoms with van der Waals surface area (Å²) in [7, 11) is 0. The van der Waals surface area contributed by atoms with Crippen molar-refractivity contribution in [3.8, 4) is 0 Å². The Hall–Kier alpha value is -0.830. The summed E-state index contributed by atoms with van der Waals surface area (Å²) >= 11 is 0. The number of oxazole rings is 1. The molecule has 0 aliphatic heterocycles. The van der Waals surface area contributed by atoms with Crippen LogP contribution in [0.4, 0.5) is 0 Å². The maximum Gasteiger partial charge on any atom is 0.208 e. The van der Waals surface area contributed by atoms with Crippen LogP contribution in [-0.4, -0.2) is 11.0 Å². The smallest absolute Gasteiger partial charge is 0.208 e. The monoisotopic (exact) mass is 262 g/mol. The first-order chi connectivity index (χ1) is 8.83. The lowest BCUT2D eigenvalue weighted by Gasteiger charge is -2.43. The molecule has 2 bridgehead atoms. The number of nitrogens with zero attached hydrogens (tertiary/aromatic N) is 1. The molecule has 1 aromatic heterocycles. The SMILES string of the molecule is Cc1nc(CNC2C3(C)CCC(C3)C2(C)C)oc1C. The van der Waals surface area contributed by atoms with Gasteiger partial charge in [0.25, 0.3) is 0 Å². The molecule has 2 saturated carbocycles. The van der Waals surface area contributed by atoms with Gasteiger partial charge >= 0.3 is 0 Å². The summed E-state index contributed by atoms with van der Waals surface area (Å²) in [6.07, 6.45) is 4.14. The Bertz CT molecular complexity index is 467. The highest BCUT2D eigenvalue weighted by Crippen LogP contribution is 2.62. The Morgan fingerprint density at radius 1 is 1.32 bits per heavy atom. The van der Waals surface area contributed by atoms with E-state index in [9.17, 15) is 0 Å². The first kappa shape index (κ1) is 13.2. The summed E-state index contributed by atoms with van der Waals surface area (Å²) < 4.78 is 5.68. The van der Waals surface area contributed by atoms with Crippen molar-refractivity contribution in [2.75, 3.05) is 0 Å². The van der Waals surface area contributed by atoms with E-state index in [2.05, 4.69) is 31.1 Å². The topological polar surface area (TPSA) is 38.1 Å². The summed E-state index contributed by atoms with van der Waals surface area (Å²) in [4.78, 5) is 4.47. The summed E-state index contributed by atoms with van der Waals surface area (Å²) in [5.41, 5.74) is 1.87. The number of rotatable bonds is 3. The Labute approximate surface area is 116 Å². The quantitative estimate of drug-likeness (QED) is 0.904. The van der Waals surface area contributed by atoms with Gasteiger partial charge in [0, 0.05) is 6.04 Å². The first-order valence-electron chi connectivity index (χ1n) is 7.49. The Morgan fingerprint density at radius 3 is 2.58 bits per heavy atom. The van der Waals surface area contributed by atoms with Crippen molar-refractivity contribution in [3.05, 3.63) is 17.3 Å². The number of hydrogen-bond acceptors (Lipinski definition) is 3. The van der Waals surface area contributed by atoms with Gasteiger partial charge in [-0.25, -0.2) is 4.98 Å². The lowest BCUT2D eigenvalue weighted by molar-refractivity contribution is 0.105. The second-order valence-electron chi connectivity index (χ2n) is 7.48. The third-order valence-corrected chi connectivity index (χ3v) is 5.80. The summed E-state index contributed by atoms with van der Waals surface area (Å²) in [6, 6.07) is 0.575. The molecule has 2 aliphatic carbocycles. The zero-order chi connectivity index (χ0) is 13.8. The van der Waals surface area contributed by atoms with Crippen molar-refractivity contribution in [3.63, 3.8) is 0 Å². The molecule has 0 aromatic carbocycles. The Kier molecular flexibility index (Phi) is 2.83. The van der Waals surface area contributed by atoms with E-state index in [0.717, 1.165) is 29.8 Å². The Balaban J connectivity index is 1.73.